The lowest BCUT2D eigenvalue weighted by Gasteiger charge is -2.34. The molecule has 4 rings (SSSR count). The van der Waals surface area contributed by atoms with Crippen LogP contribution in [0.15, 0.2) is 59.1 Å². The summed E-state index contributed by atoms with van der Waals surface area (Å²) in [6, 6.07) is -0.859. The quantitative estimate of drug-likeness (QED) is 0.393. The van der Waals surface area contributed by atoms with Crippen LogP contribution in [0.1, 0.15) is 53.4 Å². The molecule has 0 N–H and O–H groups in total. The number of hydrogen-bond acceptors (Lipinski definition) is 6. The van der Waals surface area contributed by atoms with Gasteiger partial charge in [-0.3, -0.25) is 9.59 Å². The van der Waals surface area contributed by atoms with Crippen molar-refractivity contribution in [3.63, 3.8) is 0 Å². The average Bonchev–Trinajstić information content (AvgIpc) is 3.49. The summed E-state index contributed by atoms with van der Waals surface area (Å²) >= 11 is 0. The molecule has 2 fully saturated rings. The maximum atomic E-state index is 14.3. The van der Waals surface area contributed by atoms with E-state index in [1.165, 1.54) is 9.80 Å². The van der Waals surface area contributed by atoms with E-state index in [0.717, 1.165) is 18.4 Å². The van der Waals surface area contributed by atoms with Gasteiger partial charge in [0.1, 0.15) is 13.2 Å². The molecule has 0 aromatic rings. The predicted octanol–water partition coefficient (Wildman–Crippen LogP) is 5.09. The lowest BCUT2D eigenvalue weighted by Crippen LogP contribution is -2.51. The van der Waals surface area contributed by atoms with Crippen LogP contribution in [0.3, 0.4) is 0 Å². The Kier molecular flexibility index (Phi) is 8.55. The number of cyclic esters (lactones) is 2. The van der Waals surface area contributed by atoms with Crippen LogP contribution in [0.25, 0.3) is 0 Å². The minimum Gasteiger partial charge on any atom is -0.447 e. The van der Waals surface area contributed by atoms with Crippen molar-refractivity contribution in [2.24, 2.45) is 23.7 Å². The van der Waals surface area contributed by atoms with E-state index in [1.807, 2.05) is 45.9 Å². The molecule has 2 saturated heterocycles. The monoisotopic (exact) mass is 520 g/mol. The van der Waals surface area contributed by atoms with Crippen LogP contribution in [0, 0.1) is 23.7 Å². The molecule has 2 heterocycles. The van der Waals surface area contributed by atoms with Gasteiger partial charge in [0, 0.05) is 5.57 Å². The van der Waals surface area contributed by atoms with Crippen molar-refractivity contribution < 1.29 is 28.7 Å². The van der Waals surface area contributed by atoms with E-state index in [0.29, 0.717) is 12.0 Å². The minimum atomic E-state index is -0.922. The second kappa shape index (κ2) is 11.8. The summed E-state index contributed by atoms with van der Waals surface area (Å²) in [5, 5.41) is 0. The first-order valence-corrected chi connectivity index (χ1v) is 13.4. The van der Waals surface area contributed by atoms with Gasteiger partial charge in [0.15, 0.2) is 0 Å². The van der Waals surface area contributed by atoms with Gasteiger partial charge in [0.2, 0.25) is 11.8 Å². The molecule has 8 nitrogen and oxygen atoms in total. The van der Waals surface area contributed by atoms with Crippen LogP contribution in [0.4, 0.5) is 9.59 Å². The first-order valence-electron chi connectivity index (χ1n) is 13.4. The second-order valence-electron chi connectivity index (χ2n) is 10.9. The molecule has 0 bridgehead atoms. The van der Waals surface area contributed by atoms with Crippen molar-refractivity contribution in [3.05, 3.63) is 59.1 Å². The molecular formula is C30H36N2O6. The zero-order valence-corrected chi connectivity index (χ0v) is 22.5. The average molecular weight is 521 g/mol. The number of rotatable bonds is 9. The topological polar surface area (TPSA) is 93.2 Å². The molecule has 1 unspecified atom stereocenters. The first kappa shape index (κ1) is 27.4. The molecule has 4 atom stereocenters. The lowest BCUT2D eigenvalue weighted by molar-refractivity contribution is -0.145. The number of nitrogens with zero attached hydrogens (tertiary/aromatic N) is 2. The summed E-state index contributed by atoms with van der Waals surface area (Å²) in [5.41, 5.74) is 7.66. The molecule has 2 aliphatic carbocycles. The van der Waals surface area contributed by atoms with Crippen LogP contribution in [0.2, 0.25) is 0 Å². The highest BCUT2D eigenvalue weighted by Gasteiger charge is 2.49. The fraction of sp³-hybridized carbons (Fsp3) is 0.533. The van der Waals surface area contributed by atoms with E-state index in [9.17, 15) is 19.2 Å². The maximum Gasteiger partial charge on any atom is 0.416 e. The number of hydrogen-bond donors (Lipinski definition) is 0. The predicted molar refractivity (Wildman–Crippen MR) is 141 cm³/mol. The van der Waals surface area contributed by atoms with E-state index in [-0.39, 0.29) is 31.5 Å². The molecule has 4 aliphatic rings. The molecule has 0 saturated carbocycles. The highest BCUT2D eigenvalue weighted by atomic mass is 16.6. The van der Waals surface area contributed by atoms with Crippen LogP contribution in [0.5, 0.6) is 0 Å². The van der Waals surface area contributed by atoms with E-state index in [4.69, 9.17) is 9.47 Å². The van der Waals surface area contributed by atoms with Crippen LogP contribution in [-0.4, -0.2) is 59.1 Å². The number of carbonyl (C=O) groups is 4. The Balaban J connectivity index is 1.78. The molecule has 8 heteroatoms. The van der Waals surface area contributed by atoms with Crippen molar-refractivity contribution in [3.8, 4) is 0 Å². The highest BCUT2D eigenvalue weighted by Crippen LogP contribution is 2.36. The fourth-order valence-corrected chi connectivity index (χ4v) is 5.37. The largest absolute Gasteiger partial charge is 0.447 e. The van der Waals surface area contributed by atoms with Crippen LogP contribution >= 0.6 is 0 Å². The molecule has 4 amide bonds. The van der Waals surface area contributed by atoms with Gasteiger partial charge < -0.3 is 9.47 Å². The molecule has 38 heavy (non-hydrogen) atoms. The standard InChI is InChI=1S/C30H36N2O6/c1-19(2)25-17-37-29(35)31(25)27(33)23(15-21-11-7-5-8-12-21)24(16-22-13-9-6-10-14-22)28(34)32-26(20(3)4)18-38-30(32)36/h5-7,9,11,13,19-20,23-26H,8,12,15-18H2,1-4H3/t23-,24-,25-,26?/m1/s1. The van der Waals surface area contributed by atoms with Gasteiger partial charge in [0.05, 0.1) is 23.9 Å². The summed E-state index contributed by atoms with van der Waals surface area (Å²) in [4.78, 5) is 56.5. The van der Waals surface area contributed by atoms with Gasteiger partial charge in [-0.1, -0.05) is 69.0 Å². The minimum absolute atomic E-state index is 0.0204. The molecule has 2 aliphatic heterocycles. The maximum absolute atomic E-state index is 14.3. The normalized spacial score (nSPS) is 24.1. The van der Waals surface area contributed by atoms with E-state index in [2.05, 4.69) is 17.5 Å². The van der Waals surface area contributed by atoms with Crippen LogP contribution in [-0.2, 0) is 19.1 Å². The Hall–Kier alpha value is -3.60. The summed E-state index contributed by atoms with van der Waals surface area (Å²) < 4.78 is 10.6. The van der Waals surface area contributed by atoms with Gasteiger partial charge in [0.25, 0.3) is 0 Å². The summed E-state index contributed by atoms with van der Waals surface area (Å²) in [6.07, 6.45) is 12.0. The molecule has 0 aromatic carbocycles. The third-order valence-corrected chi connectivity index (χ3v) is 7.68. The Morgan fingerprint density at radius 2 is 1.50 bits per heavy atom. The third-order valence-electron chi connectivity index (χ3n) is 7.68. The third kappa shape index (κ3) is 5.77. The van der Waals surface area contributed by atoms with Crippen molar-refractivity contribution in [2.75, 3.05) is 13.2 Å². The van der Waals surface area contributed by atoms with E-state index < -0.39 is 47.9 Å². The number of amides is 4. The van der Waals surface area contributed by atoms with Gasteiger partial charge in [-0.25, -0.2) is 19.4 Å². The van der Waals surface area contributed by atoms with E-state index >= 15 is 0 Å². The van der Waals surface area contributed by atoms with Gasteiger partial charge in [-0.05, 0) is 49.7 Å². The number of allylic oxidation sites excluding steroid dienone is 8. The lowest BCUT2D eigenvalue weighted by atomic mass is 9.78. The summed E-state index contributed by atoms with van der Waals surface area (Å²) in [6.45, 7) is 7.95. The van der Waals surface area contributed by atoms with Crippen molar-refractivity contribution >= 4 is 24.0 Å². The number of carbonyl (C=O) groups excluding carboxylic acids is 4. The molecule has 0 aromatic heterocycles. The zero-order valence-electron chi connectivity index (χ0n) is 22.5. The van der Waals surface area contributed by atoms with Crippen molar-refractivity contribution in [1.29, 1.82) is 0 Å². The van der Waals surface area contributed by atoms with Crippen molar-refractivity contribution in [1.82, 2.24) is 9.80 Å². The van der Waals surface area contributed by atoms with Crippen LogP contribution < -0.4 is 0 Å². The highest BCUT2D eigenvalue weighted by molar-refractivity contribution is 6.00. The van der Waals surface area contributed by atoms with Gasteiger partial charge in [-0.2, -0.15) is 0 Å². The number of ether oxygens (including phenoxy) is 2. The summed E-state index contributed by atoms with van der Waals surface area (Å²) in [5.74, 6) is -2.78. The van der Waals surface area contributed by atoms with Crippen molar-refractivity contribution in [2.45, 2.75) is 65.5 Å². The fourth-order valence-electron chi connectivity index (χ4n) is 5.37. The molecule has 0 radical (unpaired) electrons. The smallest absolute Gasteiger partial charge is 0.416 e. The Bertz CT molecular complexity index is 1180. The van der Waals surface area contributed by atoms with Gasteiger partial charge >= 0.3 is 12.2 Å². The van der Waals surface area contributed by atoms with E-state index in [1.54, 1.807) is 12.2 Å². The molecular weight excluding hydrogens is 484 g/mol. The molecule has 0 spiro atoms. The number of imide groups is 2. The van der Waals surface area contributed by atoms with Gasteiger partial charge in [-0.15, -0.1) is 0 Å². The Morgan fingerprint density at radius 3 is 1.97 bits per heavy atom. The Morgan fingerprint density at radius 1 is 0.921 bits per heavy atom. The SMILES string of the molecule is CC(C)C1COC(=O)N1C(=O)[C@H](CC1=C=C=CC=C1)[C@@H](CC1=CC=CCC1)C(=O)N1C(=O)OC[C@@H]1C(C)C. The first-order chi connectivity index (χ1) is 18.2. The summed E-state index contributed by atoms with van der Waals surface area (Å²) in [7, 11) is 0. The zero-order chi connectivity index (χ0) is 27.4. The second-order valence-corrected chi connectivity index (χ2v) is 10.9. The Labute approximate surface area is 224 Å². The molecule has 202 valence electrons.